The first-order chi connectivity index (χ1) is 11.9. The fourth-order valence-corrected chi connectivity index (χ4v) is 3.01. The third-order valence-electron chi connectivity index (χ3n) is 3.42. The van der Waals surface area contributed by atoms with Gasteiger partial charge in [-0.05, 0) is 31.5 Å². The van der Waals surface area contributed by atoms with Crippen molar-refractivity contribution in [1.29, 1.82) is 0 Å². The van der Waals surface area contributed by atoms with Gasteiger partial charge in [-0.15, -0.1) is 0 Å². The molecular weight excluding hydrogens is 340 g/mol. The van der Waals surface area contributed by atoms with Crippen LogP contribution in [0.25, 0.3) is 0 Å². The molecule has 0 saturated carbocycles. The third kappa shape index (κ3) is 5.25. The summed E-state index contributed by atoms with van der Waals surface area (Å²) >= 11 is 1.27. The number of aryl methyl sites for hydroxylation is 1. The fourth-order valence-electron chi connectivity index (χ4n) is 2.15. The molecule has 1 amide bonds. The smallest absolute Gasteiger partial charge is 0.233 e. The summed E-state index contributed by atoms with van der Waals surface area (Å²) in [6, 6.07) is 7.21. The Morgan fingerprint density at radius 3 is 2.60 bits per heavy atom. The lowest BCUT2D eigenvalue weighted by molar-refractivity contribution is -0.120. The van der Waals surface area contributed by atoms with Crippen molar-refractivity contribution >= 4 is 23.5 Å². The lowest BCUT2D eigenvalue weighted by Gasteiger charge is -2.13. The van der Waals surface area contributed by atoms with Crippen molar-refractivity contribution in [2.75, 3.05) is 20.0 Å². The van der Waals surface area contributed by atoms with Gasteiger partial charge < -0.3 is 20.5 Å². The van der Waals surface area contributed by atoms with Gasteiger partial charge in [0.15, 0.2) is 16.7 Å². The van der Waals surface area contributed by atoms with Crippen molar-refractivity contribution in [3.8, 4) is 11.5 Å². The van der Waals surface area contributed by atoms with Crippen LogP contribution in [-0.4, -0.2) is 35.3 Å². The minimum absolute atomic E-state index is 0.108. The number of ether oxygens (including phenoxy) is 2. The number of nitrogens with zero attached hydrogens (tertiary/aromatic N) is 2. The van der Waals surface area contributed by atoms with Gasteiger partial charge in [-0.2, -0.15) is 0 Å². The van der Waals surface area contributed by atoms with Crippen molar-refractivity contribution in [3.05, 3.63) is 35.5 Å². The van der Waals surface area contributed by atoms with Crippen LogP contribution >= 0.6 is 11.8 Å². The number of amides is 1. The summed E-state index contributed by atoms with van der Waals surface area (Å²) in [7, 11) is 3.16. The molecule has 2 aromatic rings. The molecule has 0 aliphatic heterocycles. The van der Waals surface area contributed by atoms with Crippen LogP contribution in [-0.2, 0) is 11.3 Å². The second-order valence-corrected chi connectivity index (χ2v) is 6.69. The van der Waals surface area contributed by atoms with E-state index in [2.05, 4.69) is 15.3 Å². The molecule has 134 valence electrons. The monoisotopic (exact) mass is 362 g/mol. The molecule has 0 unspecified atom stereocenters. The summed E-state index contributed by atoms with van der Waals surface area (Å²) in [6.45, 7) is 4.03. The van der Waals surface area contributed by atoms with Crippen molar-refractivity contribution in [3.63, 3.8) is 0 Å². The van der Waals surface area contributed by atoms with Crippen molar-refractivity contribution in [2.24, 2.45) is 0 Å². The Morgan fingerprint density at radius 1 is 1.24 bits per heavy atom. The Morgan fingerprint density at radius 2 is 1.96 bits per heavy atom. The van der Waals surface area contributed by atoms with E-state index >= 15 is 0 Å². The highest BCUT2D eigenvalue weighted by atomic mass is 32.2. The van der Waals surface area contributed by atoms with E-state index in [4.69, 9.17) is 15.2 Å². The number of hydrogen-bond donors (Lipinski definition) is 2. The molecule has 8 heteroatoms. The molecule has 1 atom stereocenters. The summed E-state index contributed by atoms with van der Waals surface area (Å²) < 4.78 is 10.5. The normalized spacial score (nSPS) is 11.7. The Kier molecular flexibility index (Phi) is 6.46. The molecule has 0 aliphatic rings. The minimum Gasteiger partial charge on any atom is -0.493 e. The quantitative estimate of drug-likeness (QED) is 0.575. The molecule has 7 nitrogen and oxygen atoms in total. The fraction of sp³-hybridized carbons (Fsp3) is 0.353. The number of nitrogens with two attached hydrogens (primary N) is 1. The van der Waals surface area contributed by atoms with Gasteiger partial charge in [-0.3, -0.25) is 4.79 Å². The van der Waals surface area contributed by atoms with E-state index in [1.165, 1.54) is 11.8 Å². The average molecular weight is 362 g/mol. The SMILES string of the molecule is COc1ccc(CNC(=O)[C@@H](C)Sc2nc(C)cc(N)n2)cc1OC. The minimum atomic E-state index is -0.346. The van der Waals surface area contributed by atoms with Crippen molar-refractivity contribution in [2.45, 2.75) is 30.8 Å². The van der Waals surface area contributed by atoms with E-state index in [9.17, 15) is 4.79 Å². The predicted molar refractivity (Wildman–Crippen MR) is 97.9 cm³/mol. The summed E-state index contributed by atoms with van der Waals surface area (Å²) in [5, 5.41) is 3.04. The van der Waals surface area contributed by atoms with Crippen LogP contribution in [0, 0.1) is 6.92 Å². The van der Waals surface area contributed by atoms with Crippen LogP contribution in [0.5, 0.6) is 11.5 Å². The van der Waals surface area contributed by atoms with E-state index in [0.29, 0.717) is 29.0 Å². The maximum Gasteiger partial charge on any atom is 0.233 e. The highest BCUT2D eigenvalue weighted by Crippen LogP contribution is 2.27. The Balaban J connectivity index is 1.95. The van der Waals surface area contributed by atoms with Gasteiger partial charge in [0.1, 0.15) is 5.82 Å². The number of rotatable bonds is 7. The largest absolute Gasteiger partial charge is 0.493 e. The summed E-state index contributed by atoms with van der Waals surface area (Å²) in [4.78, 5) is 20.7. The summed E-state index contributed by atoms with van der Waals surface area (Å²) in [5.41, 5.74) is 7.40. The third-order valence-corrected chi connectivity index (χ3v) is 4.38. The van der Waals surface area contributed by atoms with Crippen LogP contribution in [0.15, 0.2) is 29.4 Å². The Hall–Kier alpha value is -2.48. The van der Waals surface area contributed by atoms with E-state index in [-0.39, 0.29) is 11.2 Å². The zero-order valence-corrected chi connectivity index (χ0v) is 15.5. The standard InChI is InChI=1S/C17H22N4O3S/c1-10-7-15(18)21-17(20-10)25-11(2)16(22)19-9-12-5-6-13(23-3)14(8-12)24-4/h5-8,11H,9H2,1-4H3,(H,19,22)(H2,18,20,21)/t11-/m1/s1. The number of nitrogens with one attached hydrogen (secondary N) is 1. The maximum absolute atomic E-state index is 12.3. The zero-order valence-electron chi connectivity index (χ0n) is 14.7. The van der Waals surface area contributed by atoms with Crippen LogP contribution in [0.2, 0.25) is 0 Å². The molecule has 1 aromatic carbocycles. The molecule has 3 N–H and O–H groups in total. The highest BCUT2D eigenvalue weighted by molar-refractivity contribution is 8.00. The molecule has 0 fully saturated rings. The number of anilines is 1. The first-order valence-electron chi connectivity index (χ1n) is 7.69. The van der Waals surface area contributed by atoms with Crippen LogP contribution in [0.4, 0.5) is 5.82 Å². The van der Waals surface area contributed by atoms with E-state index in [1.54, 1.807) is 27.2 Å². The maximum atomic E-state index is 12.3. The molecule has 0 bridgehead atoms. The van der Waals surface area contributed by atoms with E-state index in [0.717, 1.165) is 11.3 Å². The molecule has 0 spiro atoms. The topological polar surface area (TPSA) is 99.4 Å². The number of aromatic nitrogens is 2. The number of carbonyl (C=O) groups is 1. The molecular formula is C17H22N4O3S. The molecule has 0 saturated heterocycles. The Labute approximate surface area is 151 Å². The second-order valence-electron chi connectivity index (χ2n) is 5.38. The van der Waals surface area contributed by atoms with Crippen molar-refractivity contribution < 1.29 is 14.3 Å². The number of methoxy groups -OCH3 is 2. The summed E-state index contributed by atoms with van der Waals surface area (Å²) in [6.07, 6.45) is 0. The van der Waals surface area contributed by atoms with Gasteiger partial charge in [-0.25, -0.2) is 9.97 Å². The highest BCUT2D eigenvalue weighted by Gasteiger charge is 2.16. The van der Waals surface area contributed by atoms with Gasteiger partial charge in [0.2, 0.25) is 5.91 Å². The predicted octanol–water partition coefficient (Wildman–Crippen LogP) is 2.18. The lowest BCUT2D eigenvalue weighted by Crippen LogP contribution is -2.30. The number of benzene rings is 1. The number of thioether (sulfide) groups is 1. The van der Waals surface area contributed by atoms with Crippen LogP contribution in [0.1, 0.15) is 18.2 Å². The number of hydrogen-bond acceptors (Lipinski definition) is 7. The second kappa shape index (κ2) is 8.57. The molecule has 0 aliphatic carbocycles. The average Bonchev–Trinajstić information content (AvgIpc) is 2.58. The molecule has 1 heterocycles. The van der Waals surface area contributed by atoms with Crippen molar-refractivity contribution in [1.82, 2.24) is 15.3 Å². The summed E-state index contributed by atoms with van der Waals surface area (Å²) in [5.74, 6) is 1.56. The molecule has 2 rings (SSSR count). The first kappa shape index (κ1) is 18.9. The van der Waals surface area contributed by atoms with Gasteiger partial charge in [0.05, 0.1) is 19.5 Å². The zero-order chi connectivity index (χ0) is 18.4. The van der Waals surface area contributed by atoms with E-state index < -0.39 is 0 Å². The van der Waals surface area contributed by atoms with Crippen LogP contribution < -0.4 is 20.5 Å². The van der Waals surface area contributed by atoms with Gasteiger partial charge in [0, 0.05) is 18.3 Å². The van der Waals surface area contributed by atoms with Gasteiger partial charge >= 0.3 is 0 Å². The van der Waals surface area contributed by atoms with Gasteiger partial charge in [0.25, 0.3) is 0 Å². The number of nitrogen functional groups attached to an aromatic ring is 1. The van der Waals surface area contributed by atoms with E-state index in [1.807, 2.05) is 25.1 Å². The molecule has 1 aromatic heterocycles. The molecule has 25 heavy (non-hydrogen) atoms. The van der Waals surface area contributed by atoms with Gasteiger partial charge in [-0.1, -0.05) is 17.8 Å². The lowest BCUT2D eigenvalue weighted by atomic mass is 10.2. The number of carbonyl (C=O) groups excluding carboxylic acids is 1. The molecule has 0 radical (unpaired) electrons. The van der Waals surface area contributed by atoms with Crippen LogP contribution in [0.3, 0.4) is 0 Å². The Bertz CT molecular complexity index is 734. The first-order valence-corrected chi connectivity index (χ1v) is 8.57.